The lowest BCUT2D eigenvalue weighted by molar-refractivity contribution is -0.137. The number of hydrogen-bond acceptors (Lipinski definition) is 5. The molecule has 3 fully saturated rings. The highest BCUT2D eigenvalue weighted by Crippen LogP contribution is 2.55. The smallest absolute Gasteiger partial charge is 0.303 e. The van der Waals surface area contributed by atoms with Crippen molar-refractivity contribution in [1.29, 1.82) is 0 Å². The van der Waals surface area contributed by atoms with Crippen LogP contribution in [-0.4, -0.2) is 46.7 Å². The highest BCUT2D eigenvalue weighted by Gasteiger charge is 2.56. The zero-order chi connectivity index (χ0) is 17.9. The number of rotatable bonds is 5. The number of aliphatic carboxylic acids is 1. The number of carbonyl (C=O) groups is 1. The number of alkyl halides is 2. The van der Waals surface area contributed by atoms with Crippen LogP contribution in [0.25, 0.3) is 0 Å². The molecule has 0 amide bonds. The van der Waals surface area contributed by atoms with Crippen LogP contribution in [0.15, 0.2) is 0 Å². The Morgan fingerprint density at radius 3 is 2.52 bits per heavy atom. The summed E-state index contributed by atoms with van der Waals surface area (Å²) >= 11 is 6.18. The van der Waals surface area contributed by atoms with Crippen LogP contribution >= 0.6 is 11.6 Å². The van der Waals surface area contributed by atoms with E-state index in [2.05, 4.69) is 9.97 Å². The Labute approximate surface area is 148 Å². The number of carboxylic acid groups (broad SMARTS) is 1. The van der Waals surface area contributed by atoms with Gasteiger partial charge in [0, 0.05) is 32.1 Å². The second kappa shape index (κ2) is 5.93. The maximum absolute atomic E-state index is 13.4. The van der Waals surface area contributed by atoms with Gasteiger partial charge in [0.25, 0.3) is 6.43 Å². The molecule has 4 rings (SSSR count). The highest BCUT2D eigenvalue weighted by molar-refractivity contribution is 6.33. The van der Waals surface area contributed by atoms with Crippen LogP contribution in [0.2, 0.25) is 5.02 Å². The number of hydrogen-bond donors (Lipinski definition) is 1. The third kappa shape index (κ3) is 2.80. The molecular weight excluding hydrogens is 354 g/mol. The fourth-order valence-corrected chi connectivity index (χ4v) is 4.35. The molecule has 1 saturated carbocycles. The molecule has 1 aliphatic carbocycles. The van der Waals surface area contributed by atoms with Gasteiger partial charge in [0.2, 0.25) is 5.95 Å². The molecule has 136 valence electrons. The number of carboxylic acids is 1. The number of nitrogens with zero attached hydrogens (tertiary/aromatic N) is 4. The molecule has 3 aliphatic rings. The Kier molecular flexibility index (Phi) is 3.97. The van der Waals surface area contributed by atoms with Gasteiger partial charge in [-0.05, 0) is 31.1 Å². The van der Waals surface area contributed by atoms with Crippen molar-refractivity contribution in [2.45, 2.75) is 32.2 Å². The van der Waals surface area contributed by atoms with E-state index in [1.54, 1.807) is 0 Å². The van der Waals surface area contributed by atoms with Gasteiger partial charge in [-0.2, -0.15) is 4.98 Å². The van der Waals surface area contributed by atoms with E-state index in [0.29, 0.717) is 24.9 Å². The summed E-state index contributed by atoms with van der Waals surface area (Å²) in [4.78, 5) is 23.1. The first-order valence-electron chi connectivity index (χ1n) is 8.45. The quantitative estimate of drug-likeness (QED) is 0.857. The summed E-state index contributed by atoms with van der Waals surface area (Å²) < 4.78 is 26.7. The zero-order valence-electron chi connectivity index (χ0n) is 13.7. The Morgan fingerprint density at radius 1 is 1.36 bits per heavy atom. The third-order valence-corrected chi connectivity index (χ3v) is 6.07. The lowest BCUT2D eigenvalue weighted by atomic mass is 10.1. The van der Waals surface area contributed by atoms with Gasteiger partial charge in [-0.15, -0.1) is 0 Å². The van der Waals surface area contributed by atoms with Gasteiger partial charge in [-0.3, -0.25) is 4.79 Å². The van der Waals surface area contributed by atoms with E-state index in [1.807, 2.05) is 16.7 Å². The first-order chi connectivity index (χ1) is 11.9. The largest absolute Gasteiger partial charge is 0.481 e. The van der Waals surface area contributed by atoms with Crippen LogP contribution in [0.5, 0.6) is 0 Å². The molecule has 1 N–H and O–H groups in total. The molecule has 3 atom stereocenters. The second-order valence-electron chi connectivity index (χ2n) is 7.17. The van der Waals surface area contributed by atoms with Gasteiger partial charge < -0.3 is 14.9 Å². The van der Waals surface area contributed by atoms with Gasteiger partial charge in [0.1, 0.15) is 10.7 Å². The van der Waals surface area contributed by atoms with Crippen molar-refractivity contribution in [1.82, 2.24) is 9.97 Å². The van der Waals surface area contributed by atoms with Gasteiger partial charge in [-0.25, -0.2) is 13.8 Å². The van der Waals surface area contributed by atoms with E-state index >= 15 is 0 Å². The number of piperidine rings is 1. The predicted octanol–water partition coefficient (Wildman–Crippen LogP) is 2.82. The monoisotopic (exact) mass is 372 g/mol. The van der Waals surface area contributed by atoms with Gasteiger partial charge in [0.05, 0.1) is 0 Å². The molecule has 9 heteroatoms. The lowest BCUT2D eigenvalue weighted by Crippen LogP contribution is -2.47. The highest BCUT2D eigenvalue weighted by atomic mass is 35.5. The molecule has 0 spiro atoms. The minimum absolute atomic E-state index is 0.0944. The van der Waals surface area contributed by atoms with Crippen molar-refractivity contribution in [2.24, 2.45) is 17.8 Å². The van der Waals surface area contributed by atoms with Gasteiger partial charge >= 0.3 is 5.97 Å². The molecule has 3 heterocycles. The Balaban J connectivity index is 1.58. The van der Waals surface area contributed by atoms with Crippen LogP contribution in [0.4, 0.5) is 20.5 Å². The molecule has 2 aliphatic heterocycles. The van der Waals surface area contributed by atoms with Crippen LogP contribution < -0.4 is 9.80 Å². The first-order valence-corrected chi connectivity index (χ1v) is 8.83. The minimum Gasteiger partial charge on any atom is -0.481 e. The molecule has 0 bridgehead atoms. The van der Waals surface area contributed by atoms with Crippen molar-refractivity contribution in [3.8, 4) is 0 Å². The summed E-state index contributed by atoms with van der Waals surface area (Å²) in [6.07, 6.45) is -1.61. The Morgan fingerprint density at radius 2 is 2.04 bits per heavy atom. The molecule has 1 aromatic heterocycles. The molecular formula is C16H19ClF2N4O2. The SMILES string of the molecule is C[C@H]1CCN1c1nc(C(F)F)c(Cl)c(N2CC3C(CC(=O)O)C3C2)n1. The van der Waals surface area contributed by atoms with Crippen molar-refractivity contribution in [3.05, 3.63) is 10.7 Å². The van der Waals surface area contributed by atoms with Crippen molar-refractivity contribution < 1.29 is 18.7 Å². The molecule has 2 saturated heterocycles. The summed E-state index contributed by atoms with van der Waals surface area (Å²) in [5.74, 6) is 0.601. The maximum atomic E-state index is 13.4. The molecule has 0 radical (unpaired) electrons. The number of halogens is 3. The van der Waals surface area contributed by atoms with Crippen molar-refractivity contribution in [3.63, 3.8) is 0 Å². The van der Waals surface area contributed by atoms with Crippen LogP contribution in [0, 0.1) is 17.8 Å². The molecule has 25 heavy (non-hydrogen) atoms. The number of anilines is 2. The molecule has 0 aromatic carbocycles. The maximum Gasteiger partial charge on any atom is 0.303 e. The zero-order valence-corrected chi connectivity index (χ0v) is 14.5. The minimum atomic E-state index is -2.76. The van der Waals surface area contributed by atoms with Crippen LogP contribution in [0.1, 0.15) is 31.9 Å². The van der Waals surface area contributed by atoms with Crippen LogP contribution in [0.3, 0.4) is 0 Å². The lowest BCUT2D eigenvalue weighted by Gasteiger charge is -2.39. The average molecular weight is 373 g/mol. The molecule has 1 aromatic rings. The topological polar surface area (TPSA) is 69.6 Å². The Bertz CT molecular complexity index is 708. The van der Waals surface area contributed by atoms with E-state index in [-0.39, 0.29) is 35.2 Å². The molecule has 2 unspecified atom stereocenters. The fourth-order valence-electron chi connectivity index (χ4n) is 4.06. The predicted molar refractivity (Wildman–Crippen MR) is 88.4 cm³/mol. The van der Waals surface area contributed by atoms with E-state index in [0.717, 1.165) is 13.0 Å². The fraction of sp³-hybridized carbons (Fsp3) is 0.688. The van der Waals surface area contributed by atoms with Crippen molar-refractivity contribution >= 4 is 29.3 Å². The molecule has 6 nitrogen and oxygen atoms in total. The van der Waals surface area contributed by atoms with E-state index in [1.165, 1.54) is 0 Å². The van der Waals surface area contributed by atoms with E-state index in [4.69, 9.17) is 16.7 Å². The van der Waals surface area contributed by atoms with E-state index < -0.39 is 18.1 Å². The Hall–Kier alpha value is -1.70. The summed E-state index contributed by atoms with van der Waals surface area (Å²) in [5, 5.41) is 8.82. The number of fused-ring (bicyclic) bond motifs is 1. The first kappa shape index (κ1) is 16.8. The third-order valence-electron chi connectivity index (χ3n) is 5.71. The average Bonchev–Trinajstić information content (AvgIpc) is 2.96. The summed E-state index contributed by atoms with van der Waals surface area (Å²) in [6.45, 7) is 3.97. The van der Waals surface area contributed by atoms with Crippen molar-refractivity contribution in [2.75, 3.05) is 29.4 Å². The summed E-state index contributed by atoms with van der Waals surface area (Å²) in [5.41, 5.74) is -0.427. The summed E-state index contributed by atoms with van der Waals surface area (Å²) in [6, 6.07) is 0.228. The normalized spacial score (nSPS) is 30.4. The van der Waals surface area contributed by atoms with E-state index in [9.17, 15) is 13.6 Å². The standard InChI is InChI=1S/C16H19ClF2N4O2/c1-7-2-3-23(7)16-20-13(14(18)19)12(17)15(21-16)22-5-9-8(4-11(24)25)10(9)6-22/h7-10,14H,2-6H2,1H3,(H,24,25)/t7-,8?,9?,10?/m0/s1. The van der Waals surface area contributed by atoms with Gasteiger partial charge in [0.15, 0.2) is 5.82 Å². The van der Waals surface area contributed by atoms with Crippen LogP contribution in [-0.2, 0) is 4.79 Å². The number of aromatic nitrogens is 2. The second-order valence-corrected chi connectivity index (χ2v) is 7.55. The van der Waals surface area contributed by atoms with Gasteiger partial charge in [-0.1, -0.05) is 11.6 Å². The summed E-state index contributed by atoms with van der Waals surface area (Å²) in [7, 11) is 0.